The Morgan fingerprint density at radius 3 is 2.45 bits per heavy atom. The molecule has 0 fully saturated rings. The van der Waals surface area contributed by atoms with Gasteiger partial charge in [-0.1, -0.05) is 43.7 Å². The Morgan fingerprint density at radius 1 is 1.35 bits per heavy atom. The van der Waals surface area contributed by atoms with Gasteiger partial charge in [0.15, 0.2) is 0 Å². The summed E-state index contributed by atoms with van der Waals surface area (Å²) in [7, 11) is 0. The summed E-state index contributed by atoms with van der Waals surface area (Å²) in [6.07, 6.45) is 1.35. The number of nitrogens with one attached hydrogen (secondary N) is 1. The summed E-state index contributed by atoms with van der Waals surface area (Å²) in [5, 5.41) is 11.9. The summed E-state index contributed by atoms with van der Waals surface area (Å²) >= 11 is 0. The molecule has 0 heterocycles. The highest BCUT2D eigenvalue weighted by atomic mass is 16.4. The Morgan fingerprint density at radius 2 is 1.95 bits per heavy atom. The van der Waals surface area contributed by atoms with Gasteiger partial charge in [-0.15, -0.1) is 0 Å². The maximum absolute atomic E-state index is 12.0. The number of benzene rings is 1. The molecule has 0 aliphatic rings. The third-order valence-corrected chi connectivity index (χ3v) is 3.25. The fourth-order valence-electron chi connectivity index (χ4n) is 2.06. The van der Waals surface area contributed by atoms with Crippen LogP contribution in [0.15, 0.2) is 30.3 Å². The van der Waals surface area contributed by atoms with Crippen LogP contribution >= 0.6 is 0 Å². The highest BCUT2D eigenvalue weighted by Gasteiger charge is 2.29. The van der Waals surface area contributed by atoms with Gasteiger partial charge in [-0.3, -0.25) is 9.59 Å². The van der Waals surface area contributed by atoms with Crippen molar-refractivity contribution in [3.05, 3.63) is 35.9 Å². The number of carbonyl (C=O) groups is 2. The summed E-state index contributed by atoms with van der Waals surface area (Å²) in [5.74, 6) is -2.05. The van der Waals surface area contributed by atoms with E-state index < -0.39 is 17.4 Å². The molecule has 1 aromatic carbocycles. The third kappa shape index (κ3) is 4.35. The van der Waals surface area contributed by atoms with E-state index in [1.807, 2.05) is 13.0 Å². The first-order valence-electron chi connectivity index (χ1n) is 6.73. The van der Waals surface area contributed by atoms with Crippen LogP contribution in [0.2, 0.25) is 0 Å². The molecule has 2 unspecified atom stereocenters. The predicted molar refractivity (Wildman–Crippen MR) is 77.3 cm³/mol. The molecule has 0 aromatic heterocycles. The number of hydrogen-bond acceptors (Lipinski definition) is 3. The molecule has 1 aromatic rings. The van der Waals surface area contributed by atoms with Gasteiger partial charge in [-0.2, -0.15) is 0 Å². The Kier molecular flexibility index (Phi) is 5.70. The SMILES string of the molecule is CCCC(C)(N)C(=O)NCC(C(=O)O)c1ccccc1. The molecular formula is C15H22N2O3. The summed E-state index contributed by atoms with van der Waals surface area (Å²) < 4.78 is 0. The van der Waals surface area contributed by atoms with Gasteiger partial charge in [0.25, 0.3) is 0 Å². The zero-order chi connectivity index (χ0) is 15.2. The Hall–Kier alpha value is -1.88. The van der Waals surface area contributed by atoms with Crippen LogP contribution in [0.1, 0.15) is 38.2 Å². The summed E-state index contributed by atoms with van der Waals surface area (Å²) in [6, 6.07) is 8.84. The molecule has 0 radical (unpaired) electrons. The number of nitrogens with two attached hydrogens (primary N) is 1. The quantitative estimate of drug-likeness (QED) is 0.704. The van der Waals surface area contributed by atoms with Crippen LogP contribution in [0, 0.1) is 0 Å². The molecule has 0 spiro atoms. The van der Waals surface area contributed by atoms with Crippen molar-refractivity contribution in [2.45, 2.75) is 38.1 Å². The van der Waals surface area contributed by atoms with Gasteiger partial charge < -0.3 is 16.2 Å². The lowest BCUT2D eigenvalue weighted by atomic mass is 9.95. The van der Waals surface area contributed by atoms with E-state index in [4.69, 9.17) is 5.73 Å². The molecule has 5 heteroatoms. The number of hydrogen-bond donors (Lipinski definition) is 3. The lowest BCUT2D eigenvalue weighted by Gasteiger charge is -2.24. The third-order valence-electron chi connectivity index (χ3n) is 3.25. The van der Waals surface area contributed by atoms with Crippen molar-refractivity contribution in [1.82, 2.24) is 5.32 Å². The molecule has 2 atom stereocenters. The highest BCUT2D eigenvalue weighted by molar-refractivity contribution is 5.86. The monoisotopic (exact) mass is 278 g/mol. The number of carboxylic acids is 1. The fraction of sp³-hybridized carbons (Fsp3) is 0.467. The minimum atomic E-state index is -0.967. The van der Waals surface area contributed by atoms with Crippen molar-refractivity contribution < 1.29 is 14.7 Å². The molecule has 20 heavy (non-hydrogen) atoms. The minimum Gasteiger partial charge on any atom is -0.481 e. The number of carbonyl (C=O) groups excluding carboxylic acids is 1. The summed E-state index contributed by atoms with van der Waals surface area (Å²) in [5.41, 5.74) is 5.61. The Bertz CT molecular complexity index is 457. The average molecular weight is 278 g/mol. The first-order valence-corrected chi connectivity index (χ1v) is 6.73. The van der Waals surface area contributed by atoms with Crippen molar-refractivity contribution in [3.8, 4) is 0 Å². The van der Waals surface area contributed by atoms with Gasteiger partial charge in [-0.05, 0) is 18.9 Å². The van der Waals surface area contributed by atoms with E-state index in [1.165, 1.54) is 0 Å². The molecule has 1 rings (SSSR count). The molecular weight excluding hydrogens is 256 g/mol. The molecule has 0 saturated carbocycles. The van der Waals surface area contributed by atoms with Crippen molar-refractivity contribution in [3.63, 3.8) is 0 Å². The standard InChI is InChI=1S/C15H22N2O3/c1-3-9-15(2,16)14(20)17-10-12(13(18)19)11-7-5-4-6-8-11/h4-8,12H,3,9-10,16H2,1-2H3,(H,17,20)(H,18,19). The van der Waals surface area contributed by atoms with Gasteiger partial charge in [-0.25, -0.2) is 0 Å². The van der Waals surface area contributed by atoms with Gasteiger partial charge >= 0.3 is 5.97 Å². The van der Waals surface area contributed by atoms with Crippen molar-refractivity contribution >= 4 is 11.9 Å². The van der Waals surface area contributed by atoms with E-state index in [1.54, 1.807) is 31.2 Å². The molecule has 0 aliphatic carbocycles. The van der Waals surface area contributed by atoms with Crippen LogP contribution in [-0.2, 0) is 9.59 Å². The van der Waals surface area contributed by atoms with Crippen LogP contribution in [0.25, 0.3) is 0 Å². The zero-order valence-corrected chi connectivity index (χ0v) is 11.9. The largest absolute Gasteiger partial charge is 0.481 e. The van der Waals surface area contributed by atoms with Crippen molar-refractivity contribution in [1.29, 1.82) is 0 Å². The van der Waals surface area contributed by atoms with Crippen LogP contribution in [0.4, 0.5) is 0 Å². The molecule has 1 amide bonds. The molecule has 4 N–H and O–H groups in total. The first kappa shape index (κ1) is 16.2. The molecule has 0 aliphatic heterocycles. The van der Waals surface area contributed by atoms with Crippen LogP contribution in [0.5, 0.6) is 0 Å². The van der Waals surface area contributed by atoms with Crippen LogP contribution < -0.4 is 11.1 Å². The van der Waals surface area contributed by atoms with Gasteiger partial charge in [0.2, 0.25) is 5.91 Å². The second-order valence-corrected chi connectivity index (χ2v) is 5.18. The first-order chi connectivity index (χ1) is 9.38. The Balaban J connectivity index is 2.70. The minimum absolute atomic E-state index is 0.0364. The Labute approximate surface area is 119 Å². The maximum Gasteiger partial charge on any atom is 0.312 e. The summed E-state index contributed by atoms with van der Waals surface area (Å²) in [6.45, 7) is 3.64. The van der Waals surface area contributed by atoms with E-state index in [-0.39, 0.29) is 12.5 Å². The van der Waals surface area contributed by atoms with E-state index in [0.29, 0.717) is 12.0 Å². The van der Waals surface area contributed by atoms with E-state index >= 15 is 0 Å². The maximum atomic E-state index is 12.0. The smallest absolute Gasteiger partial charge is 0.312 e. The predicted octanol–water partition coefficient (Wildman–Crippen LogP) is 1.49. The van der Waals surface area contributed by atoms with Gasteiger partial charge in [0, 0.05) is 6.54 Å². The normalized spacial score (nSPS) is 15.2. The molecule has 110 valence electrons. The van der Waals surface area contributed by atoms with Crippen LogP contribution in [-0.4, -0.2) is 29.1 Å². The van der Waals surface area contributed by atoms with Crippen LogP contribution in [0.3, 0.4) is 0 Å². The van der Waals surface area contributed by atoms with Crippen molar-refractivity contribution in [2.24, 2.45) is 5.73 Å². The molecule has 5 nitrogen and oxygen atoms in total. The van der Waals surface area contributed by atoms with E-state index in [0.717, 1.165) is 6.42 Å². The second-order valence-electron chi connectivity index (χ2n) is 5.18. The van der Waals surface area contributed by atoms with Gasteiger partial charge in [0.1, 0.15) is 0 Å². The van der Waals surface area contributed by atoms with Crippen molar-refractivity contribution in [2.75, 3.05) is 6.54 Å². The van der Waals surface area contributed by atoms with Gasteiger partial charge in [0.05, 0.1) is 11.5 Å². The number of carboxylic acid groups (broad SMARTS) is 1. The molecule has 0 saturated heterocycles. The fourth-order valence-corrected chi connectivity index (χ4v) is 2.06. The second kappa shape index (κ2) is 7.05. The zero-order valence-electron chi connectivity index (χ0n) is 11.9. The average Bonchev–Trinajstić information content (AvgIpc) is 2.39. The number of amides is 1. The topological polar surface area (TPSA) is 92.4 Å². The summed E-state index contributed by atoms with van der Waals surface area (Å²) in [4.78, 5) is 23.3. The number of aliphatic carboxylic acids is 1. The molecule has 0 bridgehead atoms. The highest BCUT2D eigenvalue weighted by Crippen LogP contribution is 2.15. The van der Waals surface area contributed by atoms with E-state index in [9.17, 15) is 14.7 Å². The lowest BCUT2D eigenvalue weighted by Crippen LogP contribution is -2.52. The lowest BCUT2D eigenvalue weighted by molar-refractivity contribution is -0.138. The number of rotatable bonds is 7. The van der Waals surface area contributed by atoms with E-state index in [2.05, 4.69) is 5.32 Å².